The minimum atomic E-state index is -0.475. The molecule has 1 aromatic carbocycles. The van der Waals surface area contributed by atoms with Gasteiger partial charge in [-0.15, -0.1) is 0 Å². The highest BCUT2D eigenvalue weighted by molar-refractivity contribution is 5.98. The van der Waals surface area contributed by atoms with E-state index in [0.717, 1.165) is 11.4 Å². The quantitative estimate of drug-likeness (QED) is 0.379. The molecule has 0 radical (unpaired) electrons. The van der Waals surface area contributed by atoms with E-state index in [1.54, 1.807) is 48.8 Å². The fourth-order valence-corrected chi connectivity index (χ4v) is 3.18. The van der Waals surface area contributed by atoms with Crippen molar-refractivity contribution in [1.82, 2.24) is 20.6 Å². The largest absolute Gasteiger partial charge is 0.394 e. The molecule has 0 aliphatic carbocycles. The fourth-order valence-electron chi connectivity index (χ4n) is 3.18. The molecule has 3 rings (SSSR count). The summed E-state index contributed by atoms with van der Waals surface area (Å²) in [6.45, 7) is -0.441. The number of carbonyl (C=O) groups excluding carboxylic acids is 2. The molecule has 3 aromatic rings. The maximum atomic E-state index is 12.5. The molecule has 2 heterocycles. The normalized spacial score (nSPS) is 12.6. The number of aromatic nitrogens is 2. The highest BCUT2D eigenvalue weighted by Gasteiger charge is 2.17. The molecule has 0 fully saturated rings. The lowest BCUT2D eigenvalue weighted by molar-refractivity contribution is 0.0905. The lowest BCUT2D eigenvalue weighted by atomic mass is 10.1. The zero-order valence-electron chi connectivity index (χ0n) is 17.5. The number of pyridine rings is 2. The van der Waals surface area contributed by atoms with E-state index in [2.05, 4.69) is 20.6 Å². The van der Waals surface area contributed by atoms with Crippen LogP contribution in [0.4, 0.5) is 0 Å². The van der Waals surface area contributed by atoms with Crippen LogP contribution in [0, 0.1) is 0 Å². The van der Waals surface area contributed by atoms with E-state index >= 15 is 0 Å². The second kappa shape index (κ2) is 11.7. The van der Waals surface area contributed by atoms with Crippen LogP contribution in [0.2, 0.25) is 0 Å². The fraction of sp³-hybridized carbons (Fsp3) is 0.250. The number of hydrogen-bond donors (Lipinski definition) is 4. The molecule has 2 unspecified atom stereocenters. The monoisotopic (exact) mass is 434 g/mol. The first-order chi connectivity index (χ1) is 15.6. The van der Waals surface area contributed by atoms with Crippen molar-refractivity contribution in [2.75, 3.05) is 13.2 Å². The third-order valence-electron chi connectivity index (χ3n) is 4.88. The van der Waals surface area contributed by atoms with Crippen molar-refractivity contribution in [3.63, 3.8) is 0 Å². The average Bonchev–Trinajstić information content (AvgIpc) is 2.84. The van der Waals surface area contributed by atoms with Crippen molar-refractivity contribution in [3.05, 3.63) is 95.6 Å². The Labute approximate surface area is 186 Å². The Morgan fingerprint density at radius 3 is 1.41 bits per heavy atom. The zero-order valence-corrected chi connectivity index (χ0v) is 17.5. The van der Waals surface area contributed by atoms with Crippen molar-refractivity contribution >= 4 is 11.8 Å². The number of hydrogen-bond acceptors (Lipinski definition) is 6. The summed E-state index contributed by atoms with van der Waals surface area (Å²) >= 11 is 0. The van der Waals surface area contributed by atoms with Gasteiger partial charge in [0.2, 0.25) is 0 Å². The van der Waals surface area contributed by atoms with Gasteiger partial charge in [0.25, 0.3) is 11.8 Å². The summed E-state index contributed by atoms with van der Waals surface area (Å²) in [6.07, 6.45) is 4.13. The summed E-state index contributed by atoms with van der Waals surface area (Å²) < 4.78 is 0. The molecule has 32 heavy (non-hydrogen) atoms. The summed E-state index contributed by atoms with van der Waals surface area (Å²) in [4.78, 5) is 33.5. The first kappa shape index (κ1) is 23.1. The Bertz CT molecular complexity index is 915. The summed E-state index contributed by atoms with van der Waals surface area (Å²) in [5, 5.41) is 24.7. The Morgan fingerprint density at radius 2 is 1.09 bits per heavy atom. The van der Waals surface area contributed by atoms with Crippen molar-refractivity contribution < 1.29 is 19.8 Å². The molecule has 2 atom stereocenters. The predicted molar refractivity (Wildman–Crippen MR) is 119 cm³/mol. The van der Waals surface area contributed by atoms with Crippen molar-refractivity contribution in [2.24, 2.45) is 0 Å². The summed E-state index contributed by atoms with van der Waals surface area (Å²) in [7, 11) is 0. The first-order valence-electron chi connectivity index (χ1n) is 10.3. The third-order valence-corrected chi connectivity index (χ3v) is 4.88. The average molecular weight is 434 g/mol. The van der Waals surface area contributed by atoms with E-state index in [9.17, 15) is 19.8 Å². The maximum absolute atomic E-state index is 12.5. The maximum Gasteiger partial charge on any atom is 0.251 e. The van der Waals surface area contributed by atoms with Crippen LogP contribution in [0.25, 0.3) is 0 Å². The minimum absolute atomic E-state index is 0.221. The van der Waals surface area contributed by atoms with Gasteiger partial charge >= 0.3 is 0 Å². The molecule has 0 bridgehead atoms. The minimum Gasteiger partial charge on any atom is -0.394 e. The van der Waals surface area contributed by atoms with Crippen molar-refractivity contribution in [3.8, 4) is 0 Å². The van der Waals surface area contributed by atoms with Crippen LogP contribution in [-0.2, 0) is 12.8 Å². The van der Waals surface area contributed by atoms with Gasteiger partial charge in [-0.1, -0.05) is 12.1 Å². The zero-order chi connectivity index (χ0) is 22.8. The third kappa shape index (κ3) is 6.69. The van der Waals surface area contributed by atoms with E-state index in [1.807, 2.05) is 24.3 Å². The molecule has 0 aliphatic rings. The Kier molecular flexibility index (Phi) is 8.42. The lowest BCUT2D eigenvalue weighted by Crippen LogP contribution is -2.40. The van der Waals surface area contributed by atoms with Crippen LogP contribution in [-0.4, -0.2) is 57.3 Å². The van der Waals surface area contributed by atoms with Crippen molar-refractivity contribution in [1.29, 1.82) is 0 Å². The Hall–Kier alpha value is -3.62. The summed E-state index contributed by atoms with van der Waals surface area (Å²) in [5.74, 6) is -0.703. The molecule has 4 N–H and O–H groups in total. The van der Waals surface area contributed by atoms with Crippen LogP contribution in [0.1, 0.15) is 32.1 Å². The number of nitrogens with zero attached hydrogens (tertiary/aromatic N) is 2. The van der Waals surface area contributed by atoms with Gasteiger partial charge in [-0.3, -0.25) is 19.6 Å². The number of aliphatic hydroxyl groups excluding tert-OH is 2. The van der Waals surface area contributed by atoms with E-state index in [-0.39, 0.29) is 25.0 Å². The molecule has 2 amide bonds. The van der Waals surface area contributed by atoms with E-state index < -0.39 is 12.1 Å². The standard InChI is InChI=1S/C24H26N4O4/c29-15-21(13-19-5-1-3-11-25-19)27-23(31)17-7-9-18(10-8-17)24(32)28-22(16-30)14-20-6-2-4-12-26-20/h1-12,21-22,29-30H,13-16H2,(H,27,31)(H,28,32). The second-order valence-corrected chi connectivity index (χ2v) is 7.33. The van der Waals surface area contributed by atoms with Gasteiger partial charge in [-0.05, 0) is 48.5 Å². The van der Waals surface area contributed by atoms with Crippen LogP contribution in [0.3, 0.4) is 0 Å². The number of aliphatic hydroxyl groups is 2. The van der Waals surface area contributed by atoms with Crippen LogP contribution < -0.4 is 10.6 Å². The Morgan fingerprint density at radius 1 is 0.688 bits per heavy atom. The van der Waals surface area contributed by atoms with E-state index in [4.69, 9.17) is 0 Å². The van der Waals surface area contributed by atoms with Crippen molar-refractivity contribution in [2.45, 2.75) is 24.9 Å². The van der Waals surface area contributed by atoms with Gasteiger partial charge in [0, 0.05) is 47.8 Å². The molecule has 166 valence electrons. The highest BCUT2D eigenvalue weighted by Crippen LogP contribution is 2.08. The van der Waals surface area contributed by atoms with Gasteiger partial charge in [0.05, 0.1) is 25.3 Å². The molecule has 0 saturated heterocycles. The molecule has 8 nitrogen and oxygen atoms in total. The van der Waals surface area contributed by atoms with Gasteiger partial charge < -0.3 is 20.8 Å². The second-order valence-electron chi connectivity index (χ2n) is 7.33. The number of benzene rings is 1. The number of carbonyl (C=O) groups is 2. The highest BCUT2D eigenvalue weighted by atomic mass is 16.3. The number of nitrogens with one attached hydrogen (secondary N) is 2. The van der Waals surface area contributed by atoms with E-state index in [0.29, 0.717) is 24.0 Å². The van der Waals surface area contributed by atoms with Gasteiger partial charge in [0.15, 0.2) is 0 Å². The molecule has 0 aliphatic heterocycles. The predicted octanol–water partition coefficient (Wildman–Crippen LogP) is 1.14. The number of amides is 2. The first-order valence-corrected chi connectivity index (χ1v) is 10.3. The SMILES string of the molecule is O=C(NC(CO)Cc1ccccn1)c1ccc(C(=O)NC(CO)Cc2ccccn2)cc1. The molecule has 2 aromatic heterocycles. The van der Waals surface area contributed by atoms with Gasteiger partial charge in [-0.25, -0.2) is 0 Å². The lowest BCUT2D eigenvalue weighted by Gasteiger charge is -2.17. The van der Waals surface area contributed by atoms with Crippen LogP contribution in [0.15, 0.2) is 73.1 Å². The molecule has 8 heteroatoms. The van der Waals surface area contributed by atoms with Crippen LogP contribution >= 0.6 is 0 Å². The Balaban J connectivity index is 1.57. The topological polar surface area (TPSA) is 124 Å². The molecule has 0 spiro atoms. The van der Waals surface area contributed by atoms with Gasteiger partial charge in [-0.2, -0.15) is 0 Å². The molecule has 0 saturated carbocycles. The summed E-state index contributed by atoms with van der Waals surface area (Å²) in [5.41, 5.74) is 2.27. The molecular formula is C24H26N4O4. The molecular weight excluding hydrogens is 408 g/mol. The van der Waals surface area contributed by atoms with E-state index in [1.165, 1.54) is 0 Å². The number of rotatable bonds is 10. The summed E-state index contributed by atoms with van der Waals surface area (Å²) in [6, 6.07) is 16.2. The van der Waals surface area contributed by atoms with Gasteiger partial charge in [0.1, 0.15) is 0 Å². The van der Waals surface area contributed by atoms with Crippen LogP contribution in [0.5, 0.6) is 0 Å². The smallest absolute Gasteiger partial charge is 0.251 e.